The van der Waals surface area contributed by atoms with E-state index in [0.717, 1.165) is 25.3 Å². The summed E-state index contributed by atoms with van der Waals surface area (Å²) in [5.41, 5.74) is 0. The van der Waals surface area contributed by atoms with Gasteiger partial charge in [0.25, 0.3) is 0 Å². The van der Waals surface area contributed by atoms with E-state index in [1.54, 1.807) is 6.20 Å². The van der Waals surface area contributed by atoms with Crippen LogP contribution in [0.25, 0.3) is 0 Å². The van der Waals surface area contributed by atoms with E-state index in [-0.39, 0.29) is 10.6 Å². The number of halogens is 2. The van der Waals surface area contributed by atoms with Gasteiger partial charge in [0, 0.05) is 34.3 Å². The molecule has 1 saturated heterocycles. The van der Waals surface area contributed by atoms with Crippen molar-refractivity contribution < 1.29 is 4.39 Å². The van der Waals surface area contributed by atoms with E-state index >= 15 is 0 Å². The summed E-state index contributed by atoms with van der Waals surface area (Å²) in [6.07, 6.45) is 2.70. The molecule has 2 heterocycles. The Kier molecular flexibility index (Phi) is 3.98. The largest absolute Gasteiger partial charge is 0.353 e. The fourth-order valence-corrected chi connectivity index (χ4v) is 3.28. The molecule has 94 valence electrons. The van der Waals surface area contributed by atoms with Crippen molar-refractivity contribution in [2.24, 2.45) is 0 Å². The van der Waals surface area contributed by atoms with Crippen LogP contribution in [0.5, 0.6) is 0 Å². The van der Waals surface area contributed by atoms with Crippen LogP contribution in [0.1, 0.15) is 20.3 Å². The lowest BCUT2D eigenvalue weighted by molar-refractivity contribution is 0.594. The Balaban J connectivity index is 2.17. The Hall–Kier alpha value is -0.290. The SMILES string of the molecule is CC1(C)CCN(c2ncc(Br)cc2F)CCS1. The zero-order valence-corrected chi connectivity index (χ0v) is 12.4. The normalized spacial score (nSPS) is 20.1. The zero-order chi connectivity index (χ0) is 12.5. The third-order valence-corrected chi connectivity index (χ3v) is 4.73. The van der Waals surface area contributed by atoms with Gasteiger partial charge in [-0.1, -0.05) is 13.8 Å². The molecule has 0 saturated carbocycles. The number of rotatable bonds is 1. The smallest absolute Gasteiger partial charge is 0.166 e. The number of aromatic nitrogens is 1. The highest BCUT2D eigenvalue weighted by Crippen LogP contribution is 2.32. The van der Waals surface area contributed by atoms with Gasteiger partial charge in [-0.2, -0.15) is 11.8 Å². The van der Waals surface area contributed by atoms with Gasteiger partial charge >= 0.3 is 0 Å². The molecule has 2 nitrogen and oxygen atoms in total. The van der Waals surface area contributed by atoms with Crippen molar-refractivity contribution in [3.05, 3.63) is 22.6 Å². The highest BCUT2D eigenvalue weighted by molar-refractivity contribution is 9.10. The predicted octanol–water partition coefficient (Wildman–Crippen LogP) is 3.71. The summed E-state index contributed by atoms with van der Waals surface area (Å²) in [6, 6.07) is 1.48. The number of nitrogens with zero attached hydrogens (tertiary/aromatic N) is 2. The summed E-state index contributed by atoms with van der Waals surface area (Å²) in [5, 5.41) is 0. The lowest BCUT2D eigenvalue weighted by atomic mass is 10.1. The first kappa shape index (κ1) is 13.1. The molecule has 17 heavy (non-hydrogen) atoms. The summed E-state index contributed by atoms with van der Waals surface area (Å²) >= 11 is 5.18. The topological polar surface area (TPSA) is 16.1 Å². The fraction of sp³-hybridized carbons (Fsp3) is 0.583. The van der Waals surface area contributed by atoms with Gasteiger partial charge in [-0.15, -0.1) is 0 Å². The monoisotopic (exact) mass is 318 g/mol. The van der Waals surface area contributed by atoms with Crippen molar-refractivity contribution in [2.45, 2.75) is 25.0 Å². The molecule has 0 aliphatic carbocycles. The lowest BCUT2D eigenvalue weighted by Gasteiger charge is -2.23. The number of hydrogen-bond donors (Lipinski definition) is 0. The quantitative estimate of drug-likeness (QED) is 0.785. The molecule has 1 aliphatic rings. The molecule has 0 spiro atoms. The van der Waals surface area contributed by atoms with E-state index in [4.69, 9.17) is 0 Å². The molecule has 1 fully saturated rings. The van der Waals surface area contributed by atoms with Gasteiger partial charge in [0.05, 0.1) is 0 Å². The molecule has 0 bridgehead atoms. The third kappa shape index (κ3) is 3.35. The Bertz CT molecular complexity index is 411. The van der Waals surface area contributed by atoms with Crippen LogP contribution >= 0.6 is 27.7 Å². The third-order valence-electron chi connectivity index (χ3n) is 2.93. The van der Waals surface area contributed by atoms with Crippen LogP contribution in [-0.2, 0) is 0 Å². The van der Waals surface area contributed by atoms with E-state index in [1.807, 2.05) is 16.7 Å². The van der Waals surface area contributed by atoms with Crippen molar-refractivity contribution >= 4 is 33.5 Å². The van der Waals surface area contributed by atoms with Crippen LogP contribution in [-0.4, -0.2) is 28.6 Å². The second-order valence-corrected chi connectivity index (χ2v) is 7.52. The van der Waals surface area contributed by atoms with Crippen molar-refractivity contribution in [3.8, 4) is 0 Å². The fourth-order valence-electron chi connectivity index (χ4n) is 1.87. The zero-order valence-electron chi connectivity index (χ0n) is 10.0. The first-order valence-electron chi connectivity index (χ1n) is 5.68. The molecule has 2 rings (SSSR count). The summed E-state index contributed by atoms with van der Waals surface area (Å²) in [5.74, 6) is 1.25. The Morgan fingerprint density at radius 3 is 2.94 bits per heavy atom. The van der Waals surface area contributed by atoms with E-state index in [9.17, 15) is 4.39 Å². The molecule has 1 aromatic rings. The van der Waals surface area contributed by atoms with E-state index in [1.165, 1.54) is 6.07 Å². The molecular weight excluding hydrogens is 303 g/mol. The summed E-state index contributed by atoms with van der Waals surface area (Å²) in [6.45, 7) is 6.21. The summed E-state index contributed by atoms with van der Waals surface area (Å²) in [4.78, 5) is 6.23. The Labute approximate surface area is 114 Å². The molecule has 0 radical (unpaired) electrons. The van der Waals surface area contributed by atoms with Crippen molar-refractivity contribution in [3.63, 3.8) is 0 Å². The average Bonchev–Trinajstić information content (AvgIpc) is 2.40. The van der Waals surface area contributed by atoms with E-state index in [0.29, 0.717) is 10.3 Å². The van der Waals surface area contributed by atoms with Gasteiger partial charge in [0.1, 0.15) is 0 Å². The van der Waals surface area contributed by atoms with Crippen molar-refractivity contribution in [1.29, 1.82) is 0 Å². The second-order valence-electron chi connectivity index (χ2n) is 4.80. The molecule has 5 heteroatoms. The molecule has 0 aromatic carbocycles. The Morgan fingerprint density at radius 1 is 1.47 bits per heavy atom. The van der Waals surface area contributed by atoms with Gasteiger partial charge < -0.3 is 4.90 Å². The van der Waals surface area contributed by atoms with Gasteiger partial charge in [-0.05, 0) is 28.4 Å². The van der Waals surface area contributed by atoms with Gasteiger partial charge in [0.2, 0.25) is 0 Å². The highest BCUT2D eigenvalue weighted by Gasteiger charge is 2.25. The number of hydrogen-bond acceptors (Lipinski definition) is 3. The maximum Gasteiger partial charge on any atom is 0.166 e. The molecule has 0 amide bonds. The minimum atomic E-state index is -0.246. The van der Waals surface area contributed by atoms with Gasteiger partial charge in [0.15, 0.2) is 11.6 Å². The number of thioether (sulfide) groups is 1. The van der Waals surface area contributed by atoms with Crippen LogP contribution in [0.15, 0.2) is 16.7 Å². The number of pyridine rings is 1. The number of anilines is 1. The Morgan fingerprint density at radius 2 is 2.24 bits per heavy atom. The van der Waals surface area contributed by atoms with Gasteiger partial charge in [-0.25, -0.2) is 9.37 Å². The molecule has 0 unspecified atom stereocenters. The lowest BCUT2D eigenvalue weighted by Crippen LogP contribution is -2.28. The van der Waals surface area contributed by atoms with Gasteiger partial charge in [-0.3, -0.25) is 0 Å². The predicted molar refractivity (Wildman–Crippen MR) is 75.3 cm³/mol. The molecule has 0 atom stereocenters. The van der Waals surface area contributed by atoms with Crippen LogP contribution in [0.2, 0.25) is 0 Å². The highest BCUT2D eigenvalue weighted by atomic mass is 79.9. The second kappa shape index (κ2) is 5.14. The standard InChI is InChI=1S/C12H16BrFN2S/c1-12(2)3-4-16(5-6-17-12)11-10(14)7-9(13)8-15-11/h7-8H,3-6H2,1-2H3. The summed E-state index contributed by atoms with van der Waals surface area (Å²) < 4.78 is 14.8. The maximum atomic E-state index is 13.8. The minimum Gasteiger partial charge on any atom is -0.353 e. The van der Waals surface area contributed by atoms with Crippen LogP contribution < -0.4 is 4.90 Å². The van der Waals surface area contributed by atoms with Crippen LogP contribution in [0.4, 0.5) is 10.2 Å². The maximum absolute atomic E-state index is 13.8. The van der Waals surface area contributed by atoms with E-state index < -0.39 is 0 Å². The molecule has 0 N–H and O–H groups in total. The van der Waals surface area contributed by atoms with E-state index in [2.05, 4.69) is 34.8 Å². The molecule has 1 aliphatic heterocycles. The molecular formula is C12H16BrFN2S. The average molecular weight is 319 g/mol. The minimum absolute atomic E-state index is 0.246. The van der Waals surface area contributed by atoms with Crippen LogP contribution in [0, 0.1) is 5.82 Å². The molecule has 1 aromatic heterocycles. The van der Waals surface area contributed by atoms with Crippen LogP contribution in [0.3, 0.4) is 0 Å². The first-order valence-corrected chi connectivity index (χ1v) is 7.46. The van der Waals surface area contributed by atoms with Crippen molar-refractivity contribution in [1.82, 2.24) is 4.98 Å². The van der Waals surface area contributed by atoms with Crippen molar-refractivity contribution in [2.75, 3.05) is 23.7 Å². The first-order chi connectivity index (χ1) is 7.98. The summed E-state index contributed by atoms with van der Waals surface area (Å²) in [7, 11) is 0.